The summed E-state index contributed by atoms with van der Waals surface area (Å²) in [6, 6.07) is 9.78. The fourth-order valence-electron chi connectivity index (χ4n) is 3.04. The van der Waals surface area contributed by atoms with E-state index in [1.807, 2.05) is 0 Å². The number of benzene rings is 1. The summed E-state index contributed by atoms with van der Waals surface area (Å²) in [4.78, 5) is 0. The van der Waals surface area contributed by atoms with Gasteiger partial charge in [-0.2, -0.15) is 0 Å². The first-order valence-corrected chi connectivity index (χ1v) is 8.41. The maximum atomic E-state index is 5.70. The minimum absolute atomic E-state index is 0.234. The molecule has 2 unspecified atom stereocenters. The third-order valence-electron chi connectivity index (χ3n) is 4.45. The van der Waals surface area contributed by atoms with Crippen LogP contribution in [0.2, 0.25) is 0 Å². The molecule has 0 bridgehead atoms. The molecule has 1 aliphatic rings. The van der Waals surface area contributed by atoms with E-state index in [9.17, 15) is 0 Å². The Morgan fingerprint density at radius 3 is 2.52 bits per heavy atom. The molecule has 0 aliphatic carbocycles. The molecule has 1 heterocycles. The molecule has 21 heavy (non-hydrogen) atoms. The van der Waals surface area contributed by atoms with Gasteiger partial charge < -0.3 is 10.1 Å². The van der Waals surface area contributed by atoms with Crippen LogP contribution in [0.4, 0.5) is 0 Å². The average Bonchev–Trinajstić information content (AvgIpc) is 2.46. The van der Waals surface area contributed by atoms with E-state index in [1.54, 1.807) is 0 Å². The molecule has 0 radical (unpaired) electrons. The van der Waals surface area contributed by atoms with Crippen LogP contribution in [-0.2, 0) is 16.6 Å². The smallest absolute Gasteiger partial charge is 0.0512 e. The number of nitrogens with one attached hydrogen (secondary N) is 1. The van der Waals surface area contributed by atoms with E-state index in [-0.39, 0.29) is 5.41 Å². The zero-order valence-corrected chi connectivity index (χ0v) is 14.1. The molecule has 1 fully saturated rings. The maximum Gasteiger partial charge on any atom is 0.0512 e. The molecule has 2 atom stereocenters. The third kappa shape index (κ3) is 4.82. The average molecular weight is 289 g/mol. The SMILES string of the molecule is CCCNC1CCOCC1Cc1ccc(C(C)(C)C)cc1. The fourth-order valence-corrected chi connectivity index (χ4v) is 3.04. The predicted octanol–water partition coefficient (Wildman–Crippen LogP) is 3.93. The van der Waals surface area contributed by atoms with Gasteiger partial charge >= 0.3 is 0 Å². The lowest BCUT2D eigenvalue weighted by molar-refractivity contribution is 0.0323. The first-order valence-electron chi connectivity index (χ1n) is 8.41. The molecule has 2 rings (SSSR count). The van der Waals surface area contributed by atoms with Crippen molar-refractivity contribution in [1.29, 1.82) is 0 Å². The first-order chi connectivity index (χ1) is 10.0. The van der Waals surface area contributed by atoms with E-state index in [0.29, 0.717) is 12.0 Å². The number of hydrogen-bond acceptors (Lipinski definition) is 2. The summed E-state index contributed by atoms with van der Waals surface area (Å²) in [6.45, 7) is 11.9. The Balaban J connectivity index is 1.98. The van der Waals surface area contributed by atoms with E-state index < -0.39 is 0 Å². The van der Waals surface area contributed by atoms with Crippen LogP contribution in [-0.4, -0.2) is 25.8 Å². The van der Waals surface area contributed by atoms with Crippen molar-refractivity contribution in [2.75, 3.05) is 19.8 Å². The van der Waals surface area contributed by atoms with E-state index >= 15 is 0 Å². The van der Waals surface area contributed by atoms with Gasteiger partial charge in [0.2, 0.25) is 0 Å². The van der Waals surface area contributed by atoms with Gasteiger partial charge in [-0.15, -0.1) is 0 Å². The number of ether oxygens (including phenoxy) is 1. The molecule has 0 amide bonds. The Kier molecular flexibility index (Phi) is 5.83. The Labute approximate surface area is 130 Å². The van der Waals surface area contributed by atoms with Crippen molar-refractivity contribution >= 4 is 0 Å². The second kappa shape index (κ2) is 7.42. The minimum atomic E-state index is 0.234. The third-order valence-corrected chi connectivity index (χ3v) is 4.45. The highest BCUT2D eigenvalue weighted by Gasteiger charge is 2.25. The van der Waals surface area contributed by atoms with Gasteiger partial charge in [-0.3, -0.25) is 0 Å². The monoisotopic (exact) mass is 289 g/mol. The zero-order chi connectivity index (χ0) is 15.3. The standard InChI is InChI=1S/C19H31NO/c1-5-11-20-18-10-12-21-14-16(18)13-15-6-8-17(9-7-15)19(2,3)4/h6-9,16,18,20H,5,10-14H2,1-4H3. The Hall–Kier alpha value is -0.860. The number of hydrogen-bond donors (Lipinski definition) is 1. The Morgan fingerprint density at radius 2 is 1.90 bits per heavy atom. The van der Waals surface area contributed by atoms with E-state index in [1.165, 1.54) is 17.5 Å². The summed E-state index contributed by atoms with van der Waals surface area (Å²) in [5.74, 6) is 0.603. The quantitative estimate of drug-likeness (QED) is 0.886. The van der Waals surface area contributed by atoms with Gasteiger partial charge in [-0.05, 0) is 42.3 Å². The molecule has 1 aliphatic heterocycles. The van der Waals surface area contributed by atoms with Crippen LogP contribution in [0.15, 0.2) is 24.3 Å². The van der Waals surface area contributed by atoms with Crippen LogP contribution < -0.4 is 5.32 Å². The second-order valence-corrected chi connectivity index (χ2v) is 7.34. The fraction of sp³-hybridized carbons (Fsp3) is 0.684. The van der Waals surface area contributed by atoms with Crippen molar-refractivity contribution in [2.24, 2.45) is 5.92 Å². The van der Waals surface area contributed by atoms with Gasteiger partial charge in [0.25, 0.3) is 0 Å². The molecule has 0 saturated carbocycles. The summed E-state index contributed by atoms with van der Waals surface area (Å²) in [5, 5.41) is 3.70. The molecule has 1 saturated heterocycles. The summed E-state index contributed by atoms with van der Waals surface area (Å²) in [7, 11) is 0. The van der Waals surface area contributed by atoms with Gasteiger partial charge in [-0.25, -0.2) is 0 Å². The summed E-state index contributed by atoms with van der Waals surface area (Å²) < 4.78 is 5.70. The Bertz CT molecular complexity index is 418. The van der Waals surface area contributed by atoms with Gasteiger partial charge in [0, 0.05) is 18.6 Å². The molecule has 1 N–H and O–H groups in total. The lowest BCUT2D eigenvalue weighted by atomic mass is 9.85. The van der Waals surface area contributed by atoms with Crippen LogP contribution in [0.3, 0.4) is 0 Å². The van der Waals surface area contributed by atoms with Gasteiger partial charge in [0.15, 0.2) is 0 Å². The molecule has 2 nitrogen and oxygen atoms in total. The van der Waals surface area contributed by atoms with Gasteiger partial charge in [0.05, 0.1) is 6.61 Å². The maximum absolute atomic E-state index is 5.70. The van der Waals surface area contributed by atoms with Crippen LogP contribution in [0.25, 0.3) is 0 Å². The van der Waals surface area contributed by atoms with Crippen molar-refractivity contribution < 1.29 is 4.74 Å². The summed E-state index contributed by atoms with van der Waals surface area (Å²) >= 11 is 0. The van der Waals surface area contributed by atoms with Crippen molar-refractivity contribution in [3.05, 3.63) is 35.4 Å². The van der Waals surface area contributed by atoms with E-state index in [4.69, 9.17) is 4.74 Å². The zero-order valence-electron chi connectivity index (χ0n) is 14.1. The van der Waals surface area contributed by atoms with Gasteiger partial charge in [0.1, 0.15) is 0 Å². The highest BCUT2D eigenvalue weighted by atomic mass is 16.5. The minimum Gasteiger partial charge on any atom is -0.381 e. The topological polar surface area (TPSA) is 21.3 Å². The molecule has 118 valence electrons. The van der Waals surface area contributed by atoms with E-state index in [0.717, 1.165) is 32.6 Å². The highest BCUT2D eigenvalue weighted by molar-refractivity contribution is 5.27. The second-order valence-electron chi connectivity index (χ2n) is 7.34. The normalized spacial score (nSPS) is 23.2. The number of rotatable bonds is 5. The highest BCUT2D eigenvalue weighted by Crippen LogP contribution is 2.24. The van der Waals surface area contributed by atoms with Crippen molar-refractivity contribution in [3.63, 3.8) is 0 Å². The van der Waals surface area contributed by atoms with Crippen molar-refractivity contribution in [3.8, 4) is 0 Å². The summed E-state index contributed by atoms with van der Waals surface area (Å²) in [6.07, 6.45) is 3.46. The van der Waals surface area contributed by atoms with Crippen molar-refractivity contribution in [1.82, 2.24) is 5.32 Å². The van der Waals surface area contributed by atoms with Crippen LogP contribution >= 0.6 is 0 Å². The molecule has 0 aromatic heterocycles. The molecular weight excluding hydrogens is 258 g/mol. The van der Waals surface area contributed by atoms with Crippen LogP contribution in [0.5, 0.6) is 0 Å². The van der Waals surface area contributed by atoms with E-state index in [2.05, 4.69) is 57.3 Å². The lowest BCUT2D eigenvalue weighted by Gasteiger charge is -2.32. The van der Waals surface area contributed by atoms with Crippen molar-refractivity contribution in [2.45, 2.75) is 58.4 Å². The molecule has 1 aromatic carbocycles. The predicted molar refractivity (Wildman–Crippen MR) is 89.9 cm³/mol. The van der Waals surface area contributed by atoms with Crippen LogP contribution in [0.1, 0.15) is 51.7 Å². The molecule has 1 aromatic rings. The molecule has 2 heteroatoms. The lowest BCUT2D eigenvalue weighted by Crippen LogP contribution is -2.44. The summed E-state index contributed by atoms with van der Waals surface area (Å²) in [5.41, 5.74) is 3.08. The van der Waals surface area contributed by atoms with Gasteiger partial charge in [-0.1, -0.05) is 52.0 Å². The largest absolute Gasteiger partial charge is 0.381 e. The molecular formula is C19H31NO. The van der Waals surface area contributed by atoms with Crippen LogP contribution in [0, 0.1) is 5.92 Å². The Morgan fingerprint density at radius 1 is 1.19 bits per heavy atom. The molecule has 0 spiro atoms. The first kappa shape index (κ1) is 16.5.